The molecule has 0 aliphatic rings. The second-order valence-corrected chi connectivity index (χ2v) is 6.18. The minimum Gasteiger partial charge on any atom is -0.484 e. The van der Waals surface area contributed by atoms with Gasteiger partial charge in [-0.25, -0.2) is 0 Å². The second-order valence-electron chi connectivity index (χ2n) is 5.26. The summed E-state index contributed by atoms with van der Waals surface area (Å²) >= 11 is 3.48. The molecule has 0 saturated carbocycles. The molecule has 0 heterocycles. The quantitative estimate of drug-likeness (QED) is 0.841. The van der Waals surface area contributed by atoms with Crippen molar-refractivity contribution >= 4 is 27.5 Å². The van der Waals surface area contributed by atoms with Crippen molar-refractivity contribution in [1.29, 1.82) is 0 Å². The highest BCUT2D eigenvalue weighted by atomic mass is 79.9. The van der Waals surface area contributed by atoms with Crippen molar-refractivity contribution in [1.82, 2.24) is 0 Å². The predicted octanol–water partition coefficient (Wildman–Crippen LogP) is 4.65. The maximum atomic E-state index is 12.1. The number of anilines is 1. The van der Waals surface area contributed by atoms with Gasteiger partial charge in [-0.1, -0.05) is 40.5 Å². The zero-order valence-corrected chi connectivity index (χ0v) is 14.7. The number of carbonyl (C=O) groups excluding carboxylic acids is 1. The number of hydrogen-bond donors (Lipinski definition) is 1. The average molecular weight is 362 g/mol. The topological polar surface area (TPSA) is 38.3 Å². The normalized spacial score (nSPS) is 10.4. The van der Waals surface area contributed by atoms with E-state index in [2.05, 4.69) is 28.2 Å². The van der Waals surface area contributed by atoms with Crippen LogP contribution in [0.4, 0.5) is 5.69 Å². The van der Waals surface area contributed by atoms with E-state index in [0.717, 1.165) is 33.3 Å². The fraction of sp³-hybridized carbons (Fsp3) is 0.278. The van der Waals surface area contributed by atoms with Crippen LogP contribution in [0.5, 0.6) is 5.75 Å². The van der Waals surface area contributed by atoms with Gasteiger partial charge in [0.2, 0.25) is 0 Å². The third-order valence-corrected chi connectivity index (χ3v) is 3.88. The van der Waals surface area contributed by atoms with E-state index < -0.39 is 0 Å². The van der Waals surface area contributed by atoms with E-state index in [4.69, 9.17) is 4.74 Å². The molecule has 0 aromatic heterocycles. The molecule has 0 spiro atoms. The van der Waals surface area contributed by atoms with Gasteiger partial charge < -0.3 is 10.1 Å². The first kappa shape index (κ1) is 16.6. The number of aryl methyl sites for hydroxylation is 3. The van der Waals surface area contributed by atoms with Gasteiger partial charge in [0.05, 0.1) is 0 Å². The smallest absolute Gasteiger partial charge is 0.262 e. The van der Waals surface area contributed by atoms with E-state index in [0.29, 0.717) is 5.75 Å². The highest BCUT2D eigenvalue weighted by Crippen LogP contribution is 2.26. The molecular formula is C18H20BrNO2. The van der Waals surface area contributed by atoms with Crippen LogP contribution >= 0.6 is 15.9 Å². The summed E-state index contributed by atoms with van der Waals surface area (Å²) in [6, 6.07) is 11.7. The number of amides is 1. The average Bonchev–Trinajstić information content (AvgIpc) is 2.49. The van der Waals surface area contributed by atoms with Gasteiger partial charge in [0.1, 0.15) is 5.75 Å². The van der Waals surface area contributed by atoms with E-state index in [9.17, 15) is 4.79 Å². The van der Waals surface area contributed by atoms with E-state index >= 15 is 0 Å². The molecular weight excluding hydrogens is 342 g/mol. The minimum atomic E-state index is -0.152. The van der Waals surface area contributed by atoms with Crippen LogP contribution in [-0.2, 0) is 11.2 Å². The number of rotatable bonds is 5. The van der Waals surface area contributed by atoms with E-state index in [1.807, 2.05) is 50.2 Å². The lowest BCUT2D eigenvalue weighted by molar-refractivity contribution is -0.118. The number of ether oxygens (including phenoxy) is 1. The van der Waals surface area contributed by atoms with Crippen LogP contribution in [0.3, 0.4) is 0 Å². The summed E-state index contributed by atoms with van der Waals surface area (Å²) < 4.78 is 6.53. The highest BCUT2D eigenvalue weighted by molar-refractivity contribution is 9.10. The van der Waals surface area contributed by atoms with Gasteiger partial charge in [-0.3, -0.25) is 4.79 Å². The molecule has 0 radical (unpaired) electrons. The molecule has 0 fully saturated rings. The Hall–Kier alpha value is -1.81. The maximum absolute atomic E-state index is 12.1. The number of nitrogens with one attached hydrogen (secondary N) is 1. The molecule has 0 aliphatic carbocycles. The molecule has 2 aromatic carbocycles. The van der Waals surface area contributed by atoms with Gasteiger partial charge in [-0.15, -0.1) is 0 Å². The van der Waals surface area contributed by atoms with E-state index in [1.54, 1.807) is 0 Å². The van der Waals surface area contributed by atoms with Crippen molar-refractivity contribution in [2.75, 3.05) is 11.9 Å². The molecule has 22 heavy (non-hydrogen) atoms. The Kier molecular flexibility index (Phi) is 5.61. The van der Waals surface area contributed by atoms with Crippen LogP contribution in [0.25, 0.3) is 0 Å². The Balaban J connectivity index is 2.01. The van der Waals surface area contributed by atoms with Crippen LogP contribution in [-0.4, -0.2) is 12.5 Å². The highest BCUT2D eigenvalue weighted by Gasteiger charge is 2.10. The summed E-state index contributed by atoms with van der Waals surface area (Å²) in [4.78, 5) is 12.1. The lowest BCUT2D eigenvalue weighted by atomic mass is 10.1. The summed E-state index contributed by atoms with van der Waals surface area (Å²) in [7, 11) is 0. The van der Waals surface area contributed by atoms with Gasteiger partial charge in [0.15, 0.2) is 6.61 Å². The Bertz CT molecular complexity index is 666. The molecule has 1 amide bonds. The van der Waals surface area contributed by atoms with Crippen molar-refractivity contribution in [3.8, 4) is 5.75 Å². The Morgan fingerprint density at radius 3 is 2.50 bits per heavy atom. The third-order valence-electron chi connectivity index (χ3n) is 3.42. The monoisotopic (exact) mass is 361 g/mol. The van der Waals surface area contributed by atoms with Crippen LogP contribution in [0.15, 0.2) is 40.9 Å². The fourth-order valence-electron chi connectivity index (χ4n) is 2.23. The molecule has 3 nitrogen and oxygen atoms in total. The fourth-order valence-corrected chi connectivity index (χ4v) is 2.85. The molecule has 0 aliphatic heterocycles. The first-order chi connectivity index (χ1) is 10.5. The van der Waals surface area contributed by atoms with Crippen molar-refractivity contribution < 1.29 is 9.53 Å². The first-order valence-corrected chi connectivity index (χ1v) is 8.07. The minimum absolute atomic E-state index is 0.00171. The molecule has 0 saturated heterocycles. The molecule has 2 aromatic rings. The standard InChI is InChI=1S/C18H20BrNO2/c1-4-14-10-15(19)9-13(3)18(14)20-17(21)11-22-16-7-5-12(2)6-8-16/h5-10H,4,11H2,1-3H3,(H,20,21). The summed E-state index contributed by atoms with van der Waals surface area (Å²) in [5.41, 5.74) is 4.18. The lowest BCUT2D eigenvalue weighted by Crippen LogP contribution is -2.21. The molecule has 0 unspecified atom stereocenters. The Labute approximate surface area is 139 Å². The van der Waals surface area contributed by atoms with Crippen molar-refractivity contribution in [2.24, 2.45) is 0 Å². The predicted molar refractivity (Wildman–Crippen MR) is 93.6 cm³/mol. The van der Waals surface area contributed by atoms with Crippen LogP contribution in [0, 0.1) is 13.8 Å². The molecule has 4 heteroatoms. The summed E-state index contributed by atoms with van der Waals surface area (Å²) in [5.74, 6) is 0.546. The van der Waals surface area contributed by atoms with E-state index in [-0.39, 0.29) is 12.5 Å². The van der Waals surface area contributed by atoms with Crippen molar-refractivity contribution in [3.05, 3.63) is 57.6 Å². The van der Waals surface area contributed by atoms with Crippen LogP contribution in [0.2, 0.25) is 0 Å². The maximum Gasteiger partial charge on any atom is 0.262 e. The molecule has 0 bridgehead atoms. The second kappa shape index (κ2) is 7.45. The summed E-state index contributed by atoms with van der Waals surface area (Å²) in [6.07, 6.45) is 0.856. The summed E-state index contributed by atoms with van der Waals surface area (Å²) in [6.45, 7) is 6.07. The van der Waals surface area contributed by atoms with Crippen molar-refractivity contribution in [3.63, 3.8) is 0 Å². The largest absolute Gasteiger partial charge is 0.484 e. The van der Waals surface area contributed by atoms with Gasteiger partial charge in [0, 0.05) is 10.2 Å². The summed E-state index contributed by atoms with van der Waals surface area (Å²) in [5, 5.41) is 2.95. The first-order valence-electron chi connectivity index (χ1n) is 7.28. The van der Waals surface area contributed by atoms with Crippen LogP contribution in [0.1, 0.15) is 23.6 Å². The van der Waals surface area contributed by atoms with Gasteiger partial charge in [-0.05, 0) is 55.7 Å². The van der Waals surface area contributed by atoms with Gasteiger partial charge in [-0.2, -0.15) is 0 Å². The third kappa shape index (κ3) is 4.34. The van der Waals surface area contributed by atoms with E-state index in [1.165, 1.54) is 0 Å². The van der Waals surface area contributed by atoms with Gasteiger partial charge >= 0.3 is 0 Å². The SMILES string of the molecule is CCc1cc(Br)cc(C)c1NC(=O)COc1ccc(C)cc1. The Morgan fingerprint density at radius 2 is 1.86 bits per heavy atom. The Morgan fingerprint density at radius 1 is 1.18 bits per heavy atom. The molecule has 1 N–H and O–H groups in total. The number of carbonyl (C=O) groups is 1. The lowest BCUT2D eigenvalue weighted by Gasteiger charge is -2.14. The molecule has 2 rings (SSSR count). The number of benzene rings is 2. The zero-order chi connectivity index (χ0) is 16.1. The zero-order valence-electron chi connectivity index (χ0n) is 13.1. The van der Waals surface area contributed by atoms with Gasteiger partial charge in [0.25, 0.3) is 5.91 Å². The van der Waals surface area contributed by atoms with Crippen molar-refractivity contribution in [2.45, 2.75) is 27.2 Å². The number of hydrogen-bond acceptors (Lipinski definition) is 2. The molecule has 0 atom stereocenters. The molecule has 116 valence electrons. The van der Waals surface area contributed by atoms with Crippen LogP contribution < -0.4 is 10.1 Å². The number of halogens is 1.